The SMILES string of the molecule is C=C(C)c1cccc([SiH2]C(OC(C)C)OC(C)C)c1. The molecule has 1 rings (SSSR count). The van der Waals surface area contributed by atoms with Crippen molar-refractivity contribution >= 4 is 20.3 Å². The lowest BCUT2D eigenvalue weighted by Crippen LogP contribution is -2.36. The second kappa shape index (κ2) is 7.63. The maximum absolute atomic E-state index is 5.88. The molecule has 19 heavy (non-hydrogen) atoms. The van der Waals surface area contributed by atoms with Crippen LogP contribution in [0.1, 0.15) is 40.2 Å². The number of hydrogen-bond acceptors (Lipinski definition) is 2. The Hall–Kier alpha value is -0.903. The van der Waals surface area contributed by atoms with E-state index in [9.17, 15) is 0 Å². The molecular formula is C16H26O2Si. The van der Waals surface area contributed by atoms with E-state index in [1.54, 1.807) is 0 Å². The minimum atomic E-state index is -0.622. The normalized spacial score (nSPS) is 12.2. The van der Waals surface area contributed by atoms with E-state index >= 15 is 0 Å². The number of hydrogen-bond donors (Lipinski definition) is 0. The summed E-state index contributed by atoms with van der Waals surface area (Å²) in [4.78, 5) is 0. The summed E-state index contributed by atoms with van der Waals surface area (Å²) >= 11 is 0. The van der Waals surface area contributed by atoms with E-state index in [0.29, 0.717) is 0 Å². The van der Waals surface area contributed by atoms with E-state index in [-0.39, 0.29) is 18.1 Å². The molecule has 0 aliphatic heterocycles. The highest BCUT2D eigenvalue weighted by atomic mass is 28.2. The summed E-state index contributed by atoms with van der Waals surface area (Å²) in [5.74, 6) is -0.0552. The summed E-state index contributed by atoms with van der Waals surface area (Å²) in [6.45, 7) is 14.2. The van der Waals surface area contributed by atoms with Gasteiger partial charge in [0, 0.05) is 0 Å². The van der Waals surface area contributed by atoms with Crippen LogP contribution in [-0.4, -0.2) is 27.6 Å². The number of benzene rings is 1. The van der Waals surface area contributed by atoms with Gasteiger partial charge in [0.05, 0.1) is 12.2 Å². The van der Waals surface area contributed by atoms with Gasteiger partial charge in [-0.25, -0.2) is 0 Å². The Labute approximate surface area is 119 Å². The van der Waals surface area contributed by atoms with Crippen LogP contribution in [0.4, 0.5) is 0 Å². The number of allylic oxidation sites excluding steroid dienone is 1. The number of ether oxygens (including phenoxy) is 2. The van der Waals surface area contributed by atoms with Crippen LogP contribution in [0.15, 0.2) is 30.8 Å². The smallest absolute Gasteiger partial charge is 0.140 e. The summed E-state index contributed by atoms with van der Waals surface area (Å²) < 4.78 is 11.8. The fourth-order valence-corrected chi connectivity index (χ4v) is 3.85. The van der Waals surface area contributed by atoms with E-state index < -0.39 is 9.52 Å². The Bertz CT molecular complexity index is 403. The monoisotopic (exact) mass is 278 g/mol. The van der Waals surface area contributed by atoms with Gasteiger partial charge in [-0.2, -0.15) is 0 Å². The van der Waals surface area contributed by atoms with Gasteiger partial charge >= 0.3 is 0 Å². The van der Waals surface area contributed by atoms with Crippen molar-refractivity contribution in [3.8, 4) is 0 Å². The summed E-state index contributed by atoms with van der Waals surface area (Å²) in [6, 6.07) is 8.57. The Morgan fingerprint density at radius 2 is 1.68 bits per heavy atom. The highest BCUT2D eigenvalue weighted by molar-refractivity contribution is 6.54. The van der Waals surface area contributed by atoms with Crippen molar-refractivity contribution in [2.24, 2.45) is 0 Å². The van der Waals surface area contributed by atoms with Crippen molar-refractivity contribution in [3.63, 3.8) is 0 Å². The highest BCUT2D eigenvalue weighted by Crippen LogP contribution is 2.09. The van der Waals surface area contributed by atoms with Crippen LogP contribution in [0, 0.1) is 0 Å². The van der Waals surface area contributed by atoms with Gasteiger partial charge < -0.3 is 9.47 Å². The molecule has 0 N–H and O–H groups in total. The van der Waals surface area contributed by atoms with Crippen molar-refractivity contribution in [3.05, 3.63) is 36.4 Å². The topological polar surface area (TPSA) is 18.5 Å². The van der Waals surface area contributed by atoms with E-state index in [2.05, 4.69) is 58.5 Å². The molecule has 0 aliphatic carbocycles. The predicted octanol–water partition coefficient (Wildman–Crippen LogP) is 2.65. The molecule has 3 heteroatoms. The van der Waals surface area contributed by atoms with Crippen LogP contribution < -0.4 is 5.19 Å². The Kier molecular flexibility index (Phi) is 6.49. The van der Waals surface area contributed by atoms with E-state index in [4.69, 9.17) is 9.47 Å². The second-order valence-electron chi connectivity index (χ2n) is 5.48. The average molecular weight is 278 g/mol. The predicted molar refractivity (Wildman–Crippen MR) is 85.6 cm³/mol. The molecule has 1 aromatic rings. The van der Waals surface area contributed by atoms with Gasteiger partial charge in [0.2, 0.25) is 0 Å². The fourth-order valence-electron chi connectivity index (χ4n) is 1.89. The molecule has 0 amide bonds. The largest absolute Gasteiger partial charge is 0.354 e. The van der Waals surface area contributed by atoms with Crippen LogP contribution in [0.2, 0.25) is 0 Å². The molecule has 1 aromatic carbocycles. The molecule has 0 radical (unpaired) electrons. The first-order chi connectivity index (χ1) is 8.88. The van der Waals surface area contributed by atoms with Crippen molar-refractivity contribution in [1.29, 1.82) is 0 Å². The Morgan fingerprint density at radius 3 is 2.16 bits per heavy atom. The molecule has 0 aliphatic rings. The molecule has 106 valence electrons. The quantitative estimate of drug-likeness (QED) is 0.564. The lowest BCUT2D eigenvalue weighted by molar-refractivity contribution is -0.133. The summed E-state index contributed by atoms with van der Waals surface area (Å²) in [5.41, 5.74) is 2.31. The molecule has 0 spiro atoms. The van der Waals surface area contributed by atoms with Gasteiger partial charge in [0.1, 0.15) is 15.4 Å². The first kappa shape index (κ1) is 16.2. The van der Waals surface area contributed by atoms with Gasteiger partial charge in [-0.05, 0) is 40.2 Å². The molecule has 0 aromatic heterocycles. The molecule has 0 saturated carbocycles. The van der Waals surface area contributed by atoms with E-state index in [1.165, 1.54) is 10.8 Å². The molecule has 0 bridgehead atoms. The van der Waals surface area contributed by atoms with Gasteiger partial charge in [0.15, 0.2) is 0 Å². The van der Waals surface area contributed by atoms with Gasteiger partial charge in [0.25, 0.3) is 0 Å². The zero-order valence-electron chi connectivity index (χ0n) is 12.8. The zero-order valence-corrected chi connectivity index (χ0v) is 14.2. The lowest BCUT2D eigenvalue weighted by Gasteiger charge is -2.23. The summed E-state index contributed by atoms with van der Waals surface area (Å²) in [6.07, 6.45) is 0.390. The second-order valence-corrected chi connectivity index (χ2v) is 7.38. The van der Waals surface area contributed by atoms with Gasteiger partial charge in [-0.3, -0.25) is 0 Å². The molecule has 0 fully saturated rings. The van der Waals surface area contributed by atoms with Crippen molar-refractivity contribution in [1.82, 2.24) is 0 Å². The molecule has 2 nitrogen and oxygen atoms in total. The summed E-state index contributed by atoms with van der Waals surface area (Å²) in [5, 5.41) is 1.35. The van der Waals surface area contributed by atoms with Crippen LogP contribution in [-0.2, 0) is 9.47 Å². The van der Waals surface area contributed by atoms with E-state index in [1.807, 2.05) is 6.92 Å². The van der Waals surface area contributed by atoms with Gasteiger partial charge in [-0.15, -0.1) is 0 Å². The highest BCUT2D eigenvalue weighted by Gasteiger charge is 2.15. The minimum Gasteiger partial charge on any atom is -0.354 e. The maximum atomic E-state index is 5.88. The molecule has 0 heterocycles. The third-order valence-electron chi connectivity index (χ3n) is 2.67. The Morgan fingerprint density at radius 1 is 1.11 bits per heavy atom. The first-order valence-electron chi connectivity index (χ1n) is 6.94. The first-order valence-corrected chi connectivity index (χ1v) is 8.46. The fraction of sp³-hybridized carbons (Fsp3) is 0.500. The van der Waals surface area contributed by atoms with Crippen LogP contribution >= 0.6 is 0 Å². The molecule has 0 unspecified atom stereocenters. The minimum absolute atomic E-state index is 0.0552. The molecule has 0 atom stereocenters. The molecule has 0 saturated heterocycles. The van der Waals surface area contributed by atoms with Crippen molar-refractivity contribution in [2.75, 3.05) is 0 Å². The van der Waals surface area contributed by atoms with Crippen molar-refractivity contribution in [2.45, 2.75) is 52.7 Å². The van der Waals surface area contributed by atoms with Crippen LogP contribution in [0.5, 0.6) is 0 Å². The Balaban J connectivity index is 2.77. The maximum Gasteiger partial charge on any atom is 0.140 e. The third-order valence-corrected chi connectivity index (χ3v) is 4.30. The summed E-state index contributed by atoms with van der Waals surface area (Å²) in [7, 11) is -0.622. The lowest BCUT2D eigenvalue weighted by atomic mass is 10.1. The van der Waals surface area contributed by atoms with Gasteiger partial charge in [-0.1, -0.05) is 41.6 Å². The molecular weight excluding hydrogens is 252 g/mol. The average Bonchev–Trinajstić information content (AvgIpc) is 2.27. The van der Waals surface area contributed by atoms with E-state index in [0.717, 1.165) is 5.57 Å². The number of rotatable bonds is 7. The third kappa shape index (κ3) is 6.19. The zero-order chi connectivity index (χ0) is 14.4. The van der Waals surface area contributed by atoms with Crippen LogP contribution in [0.25, 0.3) is 5.57 Å². The van der Waals surface area contributed by atoms with Crippen molar-refractivity contribution < 1.29 is 9.47 Å². The van der Waals surface area contributed by atoms with Crippen LogP contribution in [0.3, 0.4) is 0 Å². The standard InChI is InChI=1S/C16H26O2Si/c1-11(2)14-8-7-9-15(10-14)19-16(17-12(3)4)18-13(5)6/h7-10,12-13,16H,1,19H2,2-6H3.